The fourth-order valence-corrected chi connectivity index (χ4v) is 2.55. The van der Waals surface area contributed by atoms with Crippen molar-refractivity contribution in [2.75, 3.05) is 39.5 Å². The van der Waals surface area contributed by atoms with E-state index in [0.29, 0.717) is 6.61 Å². The molecule has 136 valence electrons. The lowest BCUT2D eigenvalue weighted by molar-refractivity contribution is -0.0188. The van der Waals surface area contributed by atoms with Crippen LogP contribution in [0.2, 0.25) is 0 Å². The van der Waals surface area contributed by atoms with Crippen LogP contribution in [-0.4, -0.2) is 61.7 Å². The number of morpholine rings is 1. The van der Waals surface area contributed by atoms with Crippen molar-refractivity contribution >= 4 is 6.72 Å². The average Bonchev–Trinajstić information content (AvgIpc) is 2.63. The summed E-state index contributed by atoms with van der Waals surface area (Å²) in [6.07, 6.45) is 8.12. The van der Waals surface area contributed by atoms with Crippen LogP contribution < -0.4 is 0 Å². The van der Waals surface area contributed by atoms with Crippen LogP contribution in [0.1, 0.15) is 34.6 Å². The van der Waals surface area contributed by atoms with Gasteiger partial charge in [0, 0.05) is 38.1 Å². The van der Waals surface area contributed by atoms with Crippen LogP contribution in [0.15, 0.2) is 40.8 Å². The minimum absolute atomic E-state index is 0.356. The van der Waals surface area contributed by atoms with E-state index < -0.39 is 0 Å². The summed E-state index contributed by atoms with van der Waals surface area (Å²) in [7, 11) is 0. The Kier molecular flexibility index (Phi) is 8.97. The Hall–Kier alpha value is -1.43. The number of hydrogen-bond donors (Lipinski definition) is 0. The standard InChI is InChI=1S/C17H27N3O2.C2H6/c1-5-16-7-6-15(14-20(16)18-4)17(2,3)22-13-10-19-8-11-21-12-9-19;1-2/h5-7,14H,4,8-13H2,1-3H3;1-2H3/b16-5-;. The Morgan fingerprint density at radius 1 is 1.29 bits per heavy atom. The van der Waals surface area contributed by atoms with E-state index in [1.54, 1.807) is 5.01 Å². The summed E-state index contributed by atoms with van der Waals surface area (Å²) >= 11 is 0. The van der Waals surface area contributed by atoms with Crippen LogP contribution in [0.4, 0.5) is 0 Å². The first-order chi connectivity index (χ1) is 11.6. The maximum atomic E-state index is 6.12. The highest BCUT2D eigenvalue weighted by molar-refractivity contribution is 5.39. The molecule has 0 aromatic heterocycles. The summed E-state index contributed by atoms with van der Waals surface area (Å²) in [5.41, 5.74) is 1.75. The Bertz CT molecular complexity index is 475. The van der Waals surface area contributed by atoms with Gasteiger partial charge in [-0.3, -0.25) is 4.90 Å². The number of ether oxygens (including phenoxy) is 2. The molecule has 0 N–H and O–H groups in total. The highest BCUT2D eigenvalue weighted by Crippen LogP contribution is 2.27. The van der Waals surface area contributed by atoms with E-state index in [2.05, 4.69) is 36.6 Å². The quantitative estimate of drug-likeness (QED) is 0.697. The summed E-state index contributed by atoms with van der Waals surface area (Å²) in [6.45, 7) is 19.1. The van der Waals surface area contributed by atoms with Crippen molar-refractivity contribution in [3.05, 3.63) is 35.7 Å². The predicted molar refractivity (Wildman–Crippen MR) is 101 cm³/mol. The van der Waals surface area contributed by atoms with Crippen LogP contribution >= 0.6 is 0 Å². The zero-order valence-corrected chi connectivity index (χ0v) is 15.9. The van der Waals surface area contributed by atoms with E-state index >= 15 is 0 Å². The first kappa shape index (κ1) is 20.6. The smallest absolute Gasteiger partial charge is 0.0890 e. The Morgan fingerprint density at radius 2 is 1.96 bits per heavy atom. The van der Waals surface area contributed by atoms with Gasteiger partial charge in [-0.1, -0.05) is 26.0 Å². The first-order valence-corrected chi connectivity index (χ1v) is 8.83. The average molecular weight is 335 g/mol. The molecule has 24 heavy (non-hydrogen) atoms. The van der Waals surface area contributed by atoms with Crippen LogP contribution in [-0.2, 0) is 9.47 Å². The normalized spacial score (nSPS) is 20.5. The van der Waals surface area contributed by atoms with Crippen molar-refractivity contribution in [1.29, 1.82) is 0 Å². The Balaban J connectivity index is 0.00000139. The molecule has 2 heterocycles. The van der Waals surface area contributed by atoms with E-state index in [9.17, 15) is 0 Å². The van der Waals surface area contributed by atoms with Crippen LogP contribution in [0.25, 0.3) is 0 Å². The molecule has 2 aliphatic rings. The second-order valence-corrected chi connectivity index (χ2v) is 5.93. The molecule has 1 fully saturated rings. The van der Waals surface area contributed by atoms with Gasteiger partial charge in [0.25, 0.3) is 0 Å². The highest BCUT2D eigenvalue weighted by atomic mass is 16.5. The molecule has 1 saturated heterocycles. The largest absolute Gasteiger partial charge is 0.379 e. The first-order valence-electron chi connectivity index (χ1n) is 8.83. The number of hydrogen-bond acceptors (Lipinski definition) is 5. The molecule has 0 atom stereocenters. The lowest BCUT2D eigenvalue weighted by atomic mass is 9.96. The third-order valence-electron chi connectivity index (χ3n) is 4.08. The Morgan fingerprint density at radius 3 is 2.54 bits per heavy atom. The maximum Gasteiger partial charge on any atom is 0.0890 e. The van der Waals surface area contributed by atoms with E-state index in [-0.39, 0.29) is 5.60 Å². The molecule has 0 aromatic carbocycles. The van der Waals surface area contributed by atoms with Crippen LogP contribution in [0, 0.1) is 0 Å². The number of allylic oxidation sites excluding steroid dienone is 2. The van der Waals surface area contributed by atoms with Gasteiger partial charge >= 0.3 is 0 Å². The van der Waals surface area contributed by atoms with E-state index in [1.807, 2.05) is 39.1 Å². The summed E-state index contributed by atoms with van der Waals surface area (Å²) in [4.78, 5) is 2.38. The van der Waals surface area contributed by atoms with E-state index in [0.717, 1.165) is 44.1 Å². The lowest BCUT2D eigenvalue weighted by Crippen LogP contribution is -2.40. The van der Waals surface area contributed by atoms with Crippen molar-refractivity contribution < 1.29 is 9.47 Å². The third kappa shape index (κ3) is 5.89. The van der Waals surface area contributed by atoms with Gasteiger partial charge in [-0.15, -0.1) is 0 Å². The van der Waals surface area contributed by atoms with Gasteiger partial charge < -0.3 is 9.47 Å². The number of nitrogens with zero attached hydrogens (tertiary/aromatic N) is 3. The molecule has 0 bridgehead atoms. The molecule has 0 unspecified atom stereocenters. The predicted octanol–water partition coefficient (Wildman–Crippen LogP) is 3.42. The molecule has 2 rings (SSSR count). The van der Waals surface area contributed by atoms with Crippen molar-refractivity contribution in [2.24, 2.45) is 5.10 Å². The third-order valence-corrected chi connectivity index (χ3v) is 4.08. The van der Waals surface area contributed by atoms with Crippen molar-refractivity contribution in [3.8, 4) is 0 Å². The number of hydrazone groups is 1. The summed E-state index contributed by atoms with van der Waals surface area (Å²) in [5, 5.41) is 5.81. The summed E-state index contributed by atoms with van der Waals surface area (Å²) in [6, 6.07) is 0. The van der Waals surface area contributed by atoms with Gasteiger partial charge in [-0.2, -0.15) is 5.10 Å². The number of rotatable bonds is 6. The van der Waals surface area contributed by atoms with Crippen molar-refractivity contribution in [2.45, 2.75) is 40.2 Å². The van der Waals surface area contributed by atoms with Gasteiger partial charge in [-0.25, -0.2) is 5.01 Å². The molecule has 0 saturated carbocycles. The minimum atomic E-state index is -0.356. The monoisotopic (exact) mass is 335 g/mol. The molecule has 0 aliphatic carbocycles. The van der Waals surface area contributed by atoms with Gasteiger partial charge in [0.2, 0.25) is 0 Å². The van der Waals surface area contributed by atoms with Gasteiger partial charge in [0.1, 0.15) is 0 Å². The molecule has 0 aromatic rings. The van der Waals surface area contributed by atoms with Gasteiger partial charge in [0.15, 0.2) is 0 Å². The van der Waals surface area contributed by atoms with Gasteiger partial charge in [-0.05, 0) is 26.8 Å². The zero-order chi connectivity index (χ0) is 18.0. The van der Waals surface area contributed by atoms with Crippen molar-refractivity contribution in [3.63, 3.8) is 0 Å². The molecule has 0 amide bonds. The zero-order valence-electron chi connectivity index (χ0n) is 15.9. The van der Waals surface area contributed by atoms with Crippen molar-refractivity contribution in [1.82, 2.24) is 9.91 Å². The highest BCUT2D eigenvalue weighted by Gasteiger charge is 2.26. The summed E-state index contributed by atoms with van der Waals surface area (Å²) in [5.74, 6) is 0. The molecule has 0 radical (unpaired) electrons. The summed E-state index contributed by atoms with van der Waals surface area (Å²) < 4.78 is 11.5. The van der Waals surface area contributed by atoms with Gasteiger partial charge in [0.05, 0.1) is 31.1 Å². The molecular weight excluding hydrogens is 302 g/mol. The molecule has 0 spiro atoms. The minimum Gasteiger partial charge on any atom is -0.379 e. The van der Waals surface area contributed by atoms with E-state index in [4.69, 9.17) is 9.47 Å². The second kappa shape index (κ2) is 10.4. The van der Waals surface area contributed by atoms with Crippen LogP contribution in [0.3, 0.4) is 0 Å². The second-order valence-electron chi connectivity index (χ2n) is 5.93. The van der Waals surface area contributed by atoms with E-state index in [1.165, 1.54) is 0 Å². The Labute approximate surface area is 147 Å². The molecular formula is C19H33N3O2. The fourth-order valence-electron chi connectivity index (χ4n) is 2.55. The lowest BCUT2D eigenvalue weighted by Gasteiger charge is -2.32. The SMILES string of the molecule is C=NN1C=C(C(C)(C)OCCN2CCOCC2)C=C/C1=C/C.CC. The van der Waals surface area contributed by atoms with Crippen LogP contribution in [0.5, 0.6) is 0 Å². The fraction of sp³-hybridized carbons (Fsp3) is 0.632. The topological polar surface area (TPSA) is 37.3 Å². The maximum absolute atomic E-state index is 6.12. The molecule has 5 nitrogen and oxygen atoms in total. The molecule has 2 aliphatic heterocycles. The molecule has 5 heteroatoms.